The summed E-state index contributed by atoms with van der Waals surface area (Å²) in [7, 11) is 0. The zero-order valence-corrected chi connectivity index (χ0v) is 35.5. The summed E-state index contributed by atoms with van der Waals surface area (Å²) in [5.74, 6) is 0. The Kier molecular flexibility index (Phi) is 7.96. The molecule has 2 heteroatoms. The number of rotatable bonds is 6. The van der Waals surface area contributed by atoms with Crippen molar-refractivity contribution in [2.24, 2.45) is 0 Å². The Labute approximate surface area is 364 Å². The first-order valence-corrected chi connectivity index (χ1v) is 21.9. The highest BCUT2D eigenvalue weighted by Gasteiger charge is 2.38. The first kappa shape index (κ1) is 36.4. The van der Waals surface area contributed by atoms with Gasteiger partial charge in [-0.15, -0.1) is 0 Å². The largest absolute Gasteiger partial charge is 0.310 e. The number of para-hydroxylation sites is 2. The molecule has 0 N–H and O–H groups in total. The van der Waals surface area contributed by atoms with Gasteiger partial charge in [-0.3, -0.25) is 0 Å². The molecule has 0 saturated heterocycles. The number of hydrogen-bond donors (Lipinski definition) is 0. The average Bonchev–Trinajstić information content (AvgIpc) is 3.87. The Morgan fingerprint density at radius 2 is 0.952 bits per heavy atom. The number of anilines is 3. The zero-order valence-electron chi connectivity index (χ0n) is 35.5. The van der Waals surface area contributed by atoms with E-state index in [1.54, 1.807) is 0 Å². The minimum absolute atomic E-state index is 0.0705. The van der Waals surface area contributed by atoms with Gasteiger partial charge in [0, 0.05) is 44.2 Å². The van der Waals surface area contributed by atoms with Crippen LogP contribution in [0, 0.1) is 0 Å². The standard InChI is InChI=1S/C60H46N2/c1-59(2)51-26-12-9-22-48(51)58-52(59)27-16-30-56(58)61(44-20-14-17-40(37-44)41-33-36-47-46-21-8-11-25-50(46)60(3,4)53(47)38-41)43-34-31-39(32-35-43)45-24-15-29-55-57(45)49-23-10-13-28-54(49)62(55)42-18-6-5-7-19-42/h5-38H,1-4H3. The van der Waals surface area contributed by atoms with Crippen LogP contribution in [0.15, 0.2) is 206 Å². The van der Waals surface area contributed by atoms with Crippen LogP contribution in [0.1, 0.15) is 49.9 Å². The highest BCUT2D eigenvalue weighted by Crippen LogP contribution is 2.55. The van der Waals surface area contributed by atoms with Crippen molar-refractivity contribution < 1.29 is 0 Å². The third-order valence-electron chi connectivity index (χ3n) is 14.0. The molecule has 2 nitrogen and oxygen atoms in total. The van der Waals surface area contributed by atoms with E-state index in [0.717, 1.165) is 17.1 Å². The molecule has 0 fully saturated rings. The van der Waals surface area contributed by atoms with Gasteiger partial charge < -0.3 is 9.47 Å². The minimum atomic E-state index is -0.119. The van der Waals surface area contributed by atoms with Crippen molar-refractivity contribution in [2.75, 3.05) is 4.90 Å². The van der Waals surface area contributed by atoms with Gasteiger partial charge >= 0.3 is 0 Å². The first-order chi connectivity index (χ1) is 30.3. The lowest BCUT2D eigenvalue weighted by Crippen LogP contribution is -2.16. The van der Waals surface area contributed by atoms with Gasteiger partial charge in [0.05, 0.1) is 16.7 Å². The molecular weight excluding hydrogens is 749 g/mol. The SMILES string of the molecule is CC1(C)c2ccccc2-c2ccc(-c3cccc(N(c4ccc(-c5cccc6c5c5ccccc5n6-c5ccccc5)cc4)c4cccc5c4-c4ccccc4C5(C)C)c3)cc21. The topological polar surface area (TPSA) is 8.17 Å². The van der Waals surface area contributed by atoms with Crippen LogP contribution in [0.3, 0.4) is 0 Å². The second-order valence-corrected chi connectivity index (χ2v) is 18.1. The predicted octanol–water partition coefficient (Wildman–Crippen LogP) is 16.2. The van der Waals surface area contributed by atoms with E-state index in [2.05, 4.69) is 243 Å². The molecule has 0 radical (unpaired) electrons. The summed E-state index contributed by atoms with van der Waals surface area (Å²) in [6.45, 7) is 9.45. The van der Waals surface area contributed by atoms with Crippen LogP contribution in [-0.2, 0) is 10.8 Å². The van der Waals surface area contributed by atoms with Gasteiger partial charge in [-0.1, -0.05) is 173 Å². The van der Waals surface area contributed by atoms with E-state index in [0.29, 0.717) is 0 Å². The smallest absolute Gasteiger partial charge is 0.0547 e. The van der Waals surface area contributed by atoms with Crippen molar-refractivity contribution in [1.82, 2.24) is 4.57 Å². The molecule has 296 valence electrons. The van der Waals surface area contributed by atoms with Gasteiger partial charge in [-0.05, 0) is 122 Å². The lowest BCUT2D eigenvalue weighted by atomic mass is 9.81. The molecule has 1 heterocycles. The van der Waals surface area contributed by atoms with Gasteiger partial charge in [0.1, 0.15) is 0 Å². The van der Waals surface area contributed by atoms with Gasteiger partial charge in [0.2, 0.25) is 0 Å². The van der Waals surface area contributed by atoms with E-state index in [9.17, 15) is 0 Å². The zero-order chi connectivity index (χ0) is 41.7. The number of benzene rings is 9. The lowest BCUT2D eigenvalue weighted by molar-refractivity contribution is 0.660. The third-order valence-corrected chi connectivity index (χ3v) is 14.0. The fourth-order valence-corrected chi connectivity index (χ4v) is 11.0. The van der Waals surface area contributed by atoms with Crippen LogP contribution < -0.4 is 4.90 Å². The fraction of sp³-hybridized carbons (Fsp3) is 0.100. The molecule has 1 aromatic heterocycles. The summed E-state index contributed by atoms with van der Waals surface area (Å²) in [4.78, 5) is 2.49. The van der Waals surface area contributed by atoms with Gasteiger partial charge in [0.25, 0.3) is 0 Å². The normalized spacial score (nSPS) is 14.1. The monoisotopic (exact) mass is 794 g/mol. The average molecular weight is 795 g/mol. The van der Waals surface area contributed by atoms with Crippen molar-refractivity contribution in [3.63, 3.8) is 0 Å². The van der Waals surface area contributed by atoms with Crippen molar-refractivity contribution >= 4 is 38.9 Å². The summed E-state index contributed by atoms with van der Waals surface area (Å²) >= 11 is 0. The van der Waals surface area contributed by atoms with Crippen molar-refractivity contribution in [1.29, 1.82) is 0 Å². The second-order valence-electron chi connectivity index (χ2n) is 18.1. The van der Waals surface area contributed by atoms with E-state index >= 15 is 0 Å². The van der Waals surface area contributed by atoms with Crippen LogP contribution in [-0.4, -0.2) is 4.57 Å². The quantitative estimate of drug-likeness (QED) is 0.163. The number of fused-ring (bicyclic) bond motifs is 9. The molecule has 2 aliphatic rings. The number of nitrogens with zero attached hydrogens (tertiary/aromatic N) is 2. The van der Waals surface area contributed by atoms with E-state index in [1.807, 2.05) is 0 Å². The van der Waals surface area contributed by atoms with Crippen LogP contribution in [0.25, 0.3) is 72.0 Å². The Morgan fingerprint density at radius 3 is 1.77 bits per heavy atom. The molecule has 12 rings (SSSR count). The van der Waals surface area contributed by atoms with Crippen molar-refractivity contribution in [3.05, 3.63) is 229 Å². The van der Waals surface area contributed by atoms with Crippen molar-refractivity contribution in [2.45, 2.75) is 38.5 Å². The Balaban J connectivity index is 1.02. The van der Waals surface area contributed by atoms with Gasteiger partial charge in [-0.2, -0.15) is 0 Å². The van der Waals surface area contributed by atoms with Gasteiger partial charge in [0.15, 0.2) is 0 Å². The second kappa shape index (κ2) is 13.5. The number of aromatic nitrogens is 1. The Bertz CT molecular complexity index is 3400. The summed E-state index contributed by atoms with van der Waals surface area (Å²) in [5, 5.41) is 2.52. The summed E-state index contributed by atoms with van der Waals surface area (Å²) in [6.07, 6.45) is 0. The minimum Gasteiger partial charge on any atom is -0.310 e. The highest BCUT2D eigenvalue weighted by molar-refractivity contribution is 6.15. The molecule has 9 aromatic carbocycles. The van der Waals surface area contributed by atoms with E-state index in [-0.39, 0.29) is 10.8 Å². The molecule has 10 aromatic rings. The maximum Gasteiger partial charge on any atom is 0.0547 e. The van der Waals surface area contributed by atoms with E-state index in [1.165, 1.54) is 94.3 Å². The predicted molar refractivity (Wildman–Crippen MR) is 261 cm³/mol. The van der Waals surface area contributed by atoms with E-state index < -0.39 is 0 Å². The number of hydrogen-bond acceptors (Lipinski definition) is 1. The Morgan fingerprint density at radius 1 is 0.371 bits per heavy atom. The molecule has 0 bridgehead atoms. The molecular formula is C60H46N2. The lowest BCUT2D eigenvalue weighted by Gasteiger charge is -2.29. The maximum absolute atomic E-state index is 2.49. The molecule has 62 heavy (non-hydrogen) atoms. The van der Waals surface area contributed by atoms with Crippen LogP contribution in [0.2, 0.25) is 0 Å². The molecule has 2 aliphatic carbocycles. The third kappa shape index (κ3) is 5.29. The van der Waals surface area contributed by atoms with E-state index in [4.69, 9.17) is 0 Å². The summed E-state index contributed by atoms with van der Waals surface area (Å²) in [5.41, 5.74) is 22.5. The van der Waals surface area contributed by atoms with Gasteiger partial charge in [-0.25, -0.2) is 0 Å². The molecule has 0 aliphatic heterocycles. The highest BCUT2D eigenvalue weighted by atomic mass is 15.1. The first-order valence-electron chi connectivity index (χ1n) is 21.9. The molecule has 0 amide bonds. The van der Waals surface area contributed by atoms with Crippen LogP contribution in [0.5, 0.6) is 0 Å². The molecule has 0 saturated carbocycles. The van der Waals surface area contributed by atoms with Crippen LogP contribution >= 0.6 is 0 Å². The molecule has 0 spiro atoms. The molecule has 0 atom stereocenters. The molecule has 0 unspecified atom stereocenters. The summed E-state index contributed by atoms with van der Waals surface area (Å²) in [6, 6.07) is 76.5. The fourth-order valence-electron chi connectivity index (χ4n) is 11.0. The van der Waals surface area contributed by atoms with Crippen LogP contribution in [0.4, 0.5) is 17.1 Å². The van der Waals surface area contributed by atoms with Crippen molar-refractivity contribution in [3.8, 4) is 50.2 Å². The summed E-state index contributed by atoms with van der Waals surface area (Å²) < 4.78 is 2.40. The maximum atomic E-state index is 2.49. The Hall–Kier alpha value is -7.42.